The normalized spacial score (nSPS) is 14.9. The minimum absolute atomic E-state index is 0.0152. The molecule has 0 fully saturated rings. The molecule has 6 nitrogen and oxygen atoms in total. The maximum absolute atomic E-state index is 10.9. The van der Waals surface area contributed by atoms with Gasteiger partial charge in [0.15, 0.2) is 11.5 Å². The van der Waals surface area contributed by atoms with Crippen molar-refractivity contribution in [1.82, 2.24) is 0 Å². The van der Waals surface area contributed by atoms with Gasteiger partial charge in [-0.1, -0.05) is 6.92 Å². The third-order valence-corrected chi connectivity index (χ3v) is 2.56. The summed E-state index contributed by atoms with van der Waals surface area (Å²) < 4.78 is 10.3. The highest BCUT2D eigenvalue weighted by Crippen LogP contribution is 2.40. The monoisotopic (exact) mass is 224 g/mol. The Morgan fingerprint density at radius 1 is 1.50 bits per heavy atom. The van der Waals surface area contributed by atoms with Crippen molar-refractivity contribution >= 4 is 5.69 Å². The molecule has 0 spiro atoms. The summed E-state index contributed by atoms with van der Waals surface area (Å²) in [7, 11) is 0. The number of nitrogens with zero attached hydrogens (tertiary/aromatic N) is 1. The standard InChI is InChI=1S/C10H12N2O4/c1-2-7(11)6-3-9-10(16-5-15-9)4-8(6)12(13)14/h3-4,7H,2,5,11H2,1H3/t7-/m1/s1. The third kappa shape index (κ3) is 1.67. The van der Waals surface area contributed by atoms with Gasteiger partial charge < -0.3 is 15.2 Å². The van der Waals surface area contributed by atoms with Crippen LogP contribution in [-0.2, 0) is 0 Å². The number of nitro benzene ring substituents is 1. The summed E-state index contributed by atoms with van der Waals surface area (Å²) in [5, 5.41) is 10.9. The third-order valence-electron chi connectivity index (χ3n) is 2.56. The molecule has 1 aliphatic rings. The fourth-order valence-electron chi connectivity index (χ4n) is 1.62. The van der Waals surface area contributed by atoms with E-state index in [-0.39, 0.29) is 18.5 Å². The van der Waals surface area contributed by atoms with E-state index in [2.05, 4.69) is 0 Å². The Hall–Kier alpha value is -1.82. The quantitative estimate of drug-likeness (QED) is 0.624. The van der Waals surface area contributed by atoms with Crippen LogP contribution in [0.1, 0.15) is 24.9 Å². The molecule has 16 heavy (non-hydrogen) atoms. The predicted molar refractivity (Wildman–Crippen MR) is 56.4 cm³/mol. The van der Waals surface area contributed by atoms with Gasteiger partial charge in [0.05, 0.1) is 16.6 Å². The molecule has 0 saturated carbocycles. The number of hydrogen-bond donors (Lipinski definition) is 1. The van der Waals surface area contributed by atoms with Crippen molar-refractivity contribution in [2.45, 2.75) is 19.4 Å². The van der Waals surface area contributed by atoms with E-state index < -0.39 is 4.92 Å². The van der Waals surface area contributed by atoms with Crippen LogP contribution in [0.2, 0.25) is 0 Å². The zero-order chi connectivity index (χ0) is 11.7. The number of nitrogens with two attached hydrogens (primary N) is 1. The van der Waals surface area contributed by atoms with Crippen molar-refractivity contribution in [2.24, 2.45) is 5.73 Å². The highest BCUT2D eigenvalue weighted by Gasteiger charge is 2.25. The summed E-state index contributed by atoms with van der Waals surface area (Å²) in [6.07, 6.45) is 0.625. The molecule has 6 heteroatoms. The van der Waals surface area contributed by atoms with Crippen LogP contribution < -0.4 is 15.2 Å². The number of fused-ring (bicyclic) bond motifs is 1. The van der Waals surface area contributed by atoms with Crippen LogP contribution in [0.15, 0.2) is 12.1 Å². The summed E-state index contributed by atoms with van der Waals surface area (Å²) >= 11 is 0. The number of benzene rings is 1. The van der Waals surface area contributed by atoms with Crippen molar-refractivity contribution in [3.8, 4) is 11.5 Å². The molecule has 0 radical (unpaired) electrons. The highest BCUT2D eigenvalue weighted by molar-refractivity contribution is 5.56. The van der Waals surface area contributed by atoms with E-state index in [1.165, 1.54) is 6.07 Å². The SMILES string of the molecule is CC[C@@H](N)c1cc2c(cc1[N+](=O)[O-])OCO2. The number of ether oxygens (including phenoxy) is 2. The molecule has 86 valence electrons. The summed E-state index contributed by atoms with van der Waals surface area (Å²) in [5.74, 6) is 0.920. The Bertz CT molecular complexity index is 433. The van der Waals surface area contributed by atoms with Gasteiger partial charge in [0, 0.05) is 6.04 Å². The van der Waals surface area contributed by atoms with E-state index in [4.69, 9.17) is 15.2 Å². The van der Waals surface area contributed by atoms with Gasteiger partial charge in [-0.05, 0) is 12.5 Å². The molecule has 2 rings (SSSR count). The van der Waals surface area contributed by atoms with Gasteiger partial charge in [0.25, 0.3) is 5.69 Å². The molecule has 1 aromatic rings. The summed E-state index contributed by atoms with van der Waals surface area (Å²) in [6.45, 7) is 1.97. The molecule has 1 atom stereocenters. The Morgan fingerprint density at radius 3 is 2.69 bits per heavy atom. The molecule has 1 aliphatic heterocycles. The Morgan fingerprint density at radius 2 is 2.12 bits per heavy atom. The van der Waals surface area contributed by atoms with Gasteiger partial charge in [-0.2, -0.15) is 0 Å². The molecular weight excluding hydrogens is 212 g/mol. The second-order valence-electron chi connectivity index (χ2n) is 3.54. The largest absolute Gasteiger partial charge is 0.454 e. The molecule has 0 saturated heterocycles. The fourth-order valence-corrected chi connectivity index (χ4v) is 1.62. The lowest BCUT2D eigenvalue weighted by molar-refractivity contribution is -0.385. The zero-order valence-electron chi connectivity index (χ0n) is 8.80. The minimum atomic E-state index is -0.452. The summed E-state index contributed by atoms with van der Waals surface area (Å²) in [5.41, 5.74) is 6.29. The number of nitro groups is 1. The summed E-state index contributed by atoms with van der Waals surface area (Å²) in [4.78, 5) is 10.4. The average molecular weight is 224 g/mol. The molecule has 2 N–H and O–H groups in total. The van der Waals surface area contributed by atoms with Crippen molar-refractivity contribution in [2.75, 3.05) is 6.79 Å². The first-order valence-electron chi connectivity index (χ1n) is 4.97. The zero-order valence-corrected chi connectivity index (χ0v) is 8.80. The van der Waals surface area contributed by atoms with Crippen LogP contribution in [-0.4, -0.2) is 11.7 Å². The van der Waals surface area contributed by atoms with E-state index in [0.29, 0.717) is 23.5 Å². The van der Waals surface area contributed by atoms with Crippen LogP contribution in [0.4, 0.5) is 5.69 Å². The van der Waals surface area contributed by atoms with Gasteiger partial charge in [0.1, 0.15) is 0 Å². The lowest BCUT2D eigenvalue weighted by atomic mass is 10.0. The van der Waals surface area contributed by atoms with E-state index in [0.717, 1.165) is 0 Å². The molecule has 0 bridgehead atoms. The first-order chi connectivity index (χ1) is 7.63. The molecule has 1 heterocycles. The molecule has 0 unspecified atom stereocenters. The van der Waals surface area contributed by atoms with E-state index in [1.54, 1.807) is 6.07 Å². The van der Waals surface area contributed by atoms with E-state index >= 15 is 0 Å². The van der Waals surface area contributed by atoms with Crippen molar-refractivity contribution in [1.29, 1.82) is 0 Å². The van der Waals surface area contributed by atoms with Gasteiger partial charge in [-0.25, -0.2) is 0 Å². The average Bonchev–Trinajstić information content (AvgIpc) is 2.73. The number of hydrogen-bond acceptors (Lipinski definition) is 5. The fraction of sp³-hybridized carbons (Fsp3) is 0.400. The van der Waals surface area contributed by atoms with Crippen LogP contribution in [0, 0.1) is 10.1 Å². The Balaban J connectivity index is 2.53. The minimum Gasteiger partial charge on any atom is -0.454 e. The molecular formula is C10H12N2O4. The topological polar surface area (TPSA) is 87.6 Å². The van der Waals surface area contributed by atoms with E-state index in [9.17, 15) is 10.1 Å². The van der Waals surface area contributed by atoms with Crippen LogP contribution in [0.5, 0.6) is 11.5 Å². The lowest BCUT2D eigenvalue weighted by Gasteiger charge is -2.10. The maximum atomic E-state index is 10.9. The molecule has 0 amide bonds. The maximum Gasteiger partial charge on any atom is 0.278 e. The first kappa shape index (κ1) is 10.7. The second kappa shape index (κ2) is 3.97. The van der Waals surface area contributed by atoms with Gasteiger partial charge in [0.2, 0.25) is 6.79 Å². The Kier molecular flexibility index (Phi) is 2.66. The molecule has 0 aromatic heterocycles. The second-order valence-corrected chi connectivity index (χ2v) is 3.54. The lowest BCUT2D eigenvalue weighted by Crippen LogP contribution is -2.11. The van der Waals surface area contributed by atoms with Crippen LogP contribution in [0.3, 0.4) is 0 Å². The predicted octanol–water partition coefficient (Wildman–Crippen LogP) is 1.73. The van der Waals surface area contributed by atoms with Crippen LogP contribution in [0.25, 0.3) is 0 Å². The molecule has 1 aromatic carbocycles. The van der Waals surface area contributed by atoms with Crippen molar-refractivity contribution in [3.63, 3.8) is 0 Å². The molecule has 0 aliphatic carbocycles. The number of rotatable bonds is 3. The highest BCUT2D eigenvalue weighted by atomic mass is 16.7. The Labute approximate surface area is 92.1 Å². The summed E-state index contributed by atoms with van der Waals surface area (Å²) in [6, 6.07) is 2.59. The van der Waals surface area contributed by atoms with Gasteiger partial charge in [-0.15, -0.1) is 0 Å². The smallest absolute Gasteiger partial charge is 0.278 e. The van der Waals surface area contributed by atoms with E-state index in [1.807, 2.05) is 6.92 Å². The van der Waals surface area contributed by atoms with Crippen molar-refractivity contribution in [3.05, 3.63) is 27.8 Å². The van der Waals surface area contributed by atoms with Crippen molar-refractivity contribution < 1.29 is 14.4 Å². The first-order valence-corrected chi connectivity index (χ1v) is 4.97. The van der Waals surface area contributed by atoms with Crippen LogP contribution >= 0.6 is 0 Å². The van der Waals surface area contributed by atoms with Gasteiger partial charge in [-0.3, -0.25) is 10.1 Å². The van der Waals surface area contributed by atoms with Gasteiger partial charge >= 0.3 is 0 Å².